The highest BCUT2D eigenvalue weighted by Crippen LogP contribution is 2.19. The van der Waals surface area contributed by atoms with Crippen LogP contribution in [0.5, 0.6) is 5.75 Å². The van der Waals surface area contributed by atoms with Crippen molar-refractivity contribution in [3.63, 3.8) is 0 Å². The molecule has 3 aromatic rings. The lowest BCUT2D eigenvalue weighted by atomic mass is 10.1. The van der Waals surface area contributed by atoms with Crippen LogP contribution in [0.15, 0.2) is 75.5 Å². The van der Waals surface area contributed by atoms with Crippen LogP contribution in [0.3, 0.4) is 0 Å². The average molecular weight is 484 g/mol. The van der Waals surface area contributed by atoms with Crippen LogP contribution in [-0.4, -0.2) is 33.9 Å². The first-order valence-corrected chi connectivity index (χ1v) is 10.3. The Labute approximate surface area is 186 Å². The predicted octanol–water partition coefficient (Wildman–Crippen LogP) is 3.58. The van der Waals surface area contributed by atoms with E-state index in [-0.39, 0.29) is 12.1 Å². The second-order valence-electron chi connectivity index (χ2n) is 6.72. The first kappa shape index (κ1) is 20.7. The zero-order valence-electron chi connectivity index (χ0n) is 16.3. The van der Waals surface area contributed by atoms with Gasteiger partial charge < -0.3 is 13.7 Å². The summed E-state index contributed by atoms with van der Waals surface area (Å²) in [5, 5.41) is 2.20. The summed E-state index contributed by atoms with van der Waals surface area (Å²) in [4.78, 5) is 38.2. The first-order chi connectivity index (χ1) is 15.0. The van der Waals surface area contributed by atoms with Crippen molar-refractivity contribution in [1.29, 1.82) is 0 Å². The van der Waals surface area contributed by atoms with Crippen molar-refractivity contribution in [2.45, 2.75) is 13.1 Å². The second-order valence-corrected chi connectivity index (χ2v) is 7.63. The van der Waals surface area contributed by atoms with Crippen LogP contribution in [0.2, 0.25) is 0 Å². The number of barbiturate groups is 1. The molecule has 0 atom stereocenters. The Hall–Kier alpha value is -3.59. The Balaban J connectivity index is 1.47. The van der Waals surface area contributed by atoms with Crippen LogP contribution >= 0.6 is 15.9 Å². The number of urea groups is 1. The van der Waals surface area contributed by atoms with Gasteiger partial charge in [-0.1, -0.05) is 15.9 Å². The quantitative estimate of drug-likeness (QED) is 0.409. The summed E-state index contributed by atoms with van der Waals surface area (Å²) < 4.78 is 13.8. The molecule has 4 amide bonds. The number of furan rings is 1. The summed E-state index contributed by atoms with van der Waals surface area (Å²) in [6, 6.07) is 13.6. The maximum absolute atomic E-state index is 12.8. The van der Waals surface area contributed by atoms with E-state index in [2.05, 4.69) is 21.2 Å². The Kier molecular flexibility index (Phi) is 6.03. The van der Waals surface area contributed by atoms with Crippen LogP contribution in [0.25, 0.3) is 6.08 Å². The van der Waals surface area contributed by atoms with Crippen molar-refractivity contribution in [2.75, 3.05) is 6.61 Å². The van der Waals surface area contributed by atoms with Gasteiger partial charge in [0.1, 0.15) is 23.7 Å². The van der Waals surface area contributed by atoms with Crippen LogP contribution in [0.1, 0.15) is 11.5 Å². The molecule has 3 heterocycles. The molecule has 1 aliphatic rings. The third-order valence-corrected chi connectivity index (χ3v) is 5.18. The Morgan fingerprint density at radius 2 is 1.87 bits per heavy atom. The SMILES string of the molecule is O=C1NC(=O)N(Cc2ccco2)C(=O)C1=Cc1cccn1CCOc1ccc(Br)cc1. The number of nitrogens with one attached hydrogen (secondary N) is 1. The summed E-state index contributed by atoms with van der Waals surface area (Å²) in [6.07, 6.45) is 4.75. The third-order valence-electron chi connectivity index (χ3n) is 4.65. The maximum atomic E-state index is 12.8. The van der Waals surface area contributed by atoms with Gasteiger partial charge in [0.05, 0.1) is 19.4 Å². The highest BCUT2D eigenvalue weighted by atomic mass is 79.9. The fourth-order valence-electron chi connectivity index (χ4n) is 3.10. The number of hydrogen-bond donors (Lipinski definition) is 1. The van der Waals surface area contributed by atoms with E-state index in [1.165, 1.54) is 12.3 Å². The number of hydrogen-bond acceptors (Lipinski definition) is 5. The van der Waals surface area contributed by atoms with Crippen molar-refractivity contribution in [2.24, 2.45) is 0 Å². The molecule has 0 unspecified atom stereocenters. The smallest absolute Gasteiger partial charge is 0.331 e. The molecule has 9 heteroatoms. The molecule has 0 radical (unpaired) electrons. The summed E-state index contributed by atoms with van der Waals surface area (Å²) in [6.45, 7) is 0.840. The number of imide groups is 2. The zero-order valence-corrected chi connectivity index (χ0v) is 17.9. The molecule has 31 heavy (non-hydrogen) atoms. The molecule has 0 saturated carbocycles. The van der Waals surface area contributed by atoms with Crippen LogP contribution in [-0.2, 0) is 22.7 Å². The van der Waals surface area contributed by atoms with Crippen LogP contribution in [0.4, 0.5) is 4.79 Å². The Morgan fingerprint density at radius 1 is 1.06 bits per heavy atom. The van der Waals surface area contributed by atoms with Gasteiger partial charge in [-0.25, -0.2) is 4.79 Å². The van der Waals surface area contributed by atoms with E-state index in [9.17, 15) is 14.4 Å². The molecule has 0 aliphatic carbocycles. The monoisotopic (exact) mass is 483 g/mol. The molecule has 1 fully saturated rings. The number of nitrogens with zero attached hydrogens (tertiary/aromatic N) is 2. The normalized spacial score (nSPS) is 15.5. The van der Waals surface area contributed by atoms with E-state index < -0.39 is 17.8 Å². The van der Waals surface area contributed by atoms with E-state index in [0.717, 1.165) is 15.1 Å². The second kappa shape index (κ2) is 9.05. The molecule has 1 aromatic carbocycles. The number of ether oxygens (including phenoxy) is 1. The largest absolute Gasteiger partial charge is 0.492 e. The van der Waals surface area contributed by atoms with Gasteiger partial charge in [0, 0.05) is 16.4 Å². The van der Waals surface area contributed by atoms with E-state index in [1.807, 2.05) is 41.1 Å². The average Bonchev–Trinajstić information content (AvgIpc) is 3.42. The van der Waals surface area contributed by atoms with Gasteiger partial charge in [-0.3, -0.25) is 19.8 Å². The van der Waals surface area contributed by atoms with Crippen molar-refractivity contribution >= 4 is 39.9 Å². The number of aromatic nitrogens is 1. The predicted molar refractivity (Wildman–Crippen MR) is 115 cm³/mol. The number of rotatable bonds is 7. The molecular weight excluding hydrogens is 466 g/mol. The van der Waals surface area contributed by atoms with E-state index >= 15 is 0 Å². The molecule has 0 spiro atoms. The summed E-state index contributed by atoms with van der Waals surface area (Å²) in [5.74, 6) is -0.233. The Morgan fingerprint density at radius 3 is 2.61 bits per heavy atom. The van der Waals surface area contributed by atoms with Gasteiger partial charge in [-0.15, -0.1) is 0 Å². The summed E-state index contributed by atoms with van der Waals surface area (Å²) in [5.41, 5.74) is 0.519. The number of carbonyl (C=O) groups is 3. The lowest BCUT2D eigenvalue weighted by Gasteiger charge is -2.25. The first-order valence-electron chi connectivity index (χ1n) is 9.46. The molecule has 2 aromatic heterocycles. The number of halogens is 1. The van der Waals surface area contributed by atoms with E-state index in [4.69, 9.17) is 9.15 Å². The van der Waals surface area contributed by atoms with Gasteiger partial charge in [-0.2, -0.15) is 0 Å². The highest BCUT2D eigenvalue weighted by molar-refractivity contribution is 9.10. The molecule has 0 bridgehead atoms. The van der Waals surface area contributed by atoms with Gasteiger partial charge in [0.15, 0.2) is 0 Å². The standard InChI is InChI=1S/C22H18BrN3O5/c23-15-5-7-17(8-6-15)31-12-10-25-9-1-3-16(25)13-19-20(27)24-22(29)26(21(19)28)14-18-4-2-11-30-18/h1-9,11,13H,10,12,14H2,(H,24,27,29). The minimum Gasteiger partial charge on any atom is -0.492 e. The fourth-order valence-corrected chi connectivity index (χ4v) is 3.36. The van der Waals surface area contributed by atoms with Crippen molar-refractivity contribution in [1.82, 2.24) is 14.8 Å². The molecule has 4 rings (SSSR count). The highest BCUT2D eigenvalue weighted by Gasteiger charge is 2.36. The summed E-state index contributed by atoms with van der Waals surface area (Å²) in [7, 11) is 0. The molecule has 1 saturated heterocycles. The fraction of sp³-hybridized carbons (Fsp3) is 0.136. The van der Waals surface area contributed by atoms with Crippen LogP contribution < -0.4 is 10.1 Å². The van der Waals surface area contributed by atoms with Gasteiger partial charge in [0.2, 0.25) is 0 Å². The van der Waals surface area contributed by atoms with Crippen molar-refractivity contribution in [3.05, 3.63) is 82.5 Å². The van der Waals surface area contributed by atoms with Crippen molar-refractivity contribution in [3.8, 4) is 5.75 Å². The molecular formula is C22H18BrN3O5. The lowest BCUT2D eigenvalue weighted by molar-refractivity contribution is -0.130. The molecule has 158 valence electrons. The van der Waals surface area contributed by atoms with Gasteiger partial charge in [0.25, 0.3) is 11.8 Å². The minimum absolute atomic E-state index is 0.0652. The number of benzene rings is 1. The van der Waals surface area contributed by atoms with Crippen molar-refractivity contribution < 1.29 is 23.5 Å². The maximum Gasteiger partial charge on any atom is 0.331 e. The minimum atomic E-state index is -0.776. The number of carbonyl (C=O) groups excluding carboxylic acids is 3. The Bertz CT molecular complexity index is 1130. The van der Waals surface area contributed by atoms with Gasteiger partial charge >= 0.3 is 6.03 Å². The van der Waals surface area contributed by atoms with Gasteiger partial charge in [-0.05, 0) is 54.6 Å². The molecule has 1 N–H and O–H groups in total. The lowest BCUT2D eigenvalue weighted by Crippen LogP contribution is -2.53. The topological polar surface area (TPSA) is 93.8 Å². The summed E-state index contributed by atoms with van der Waals surface area (Å²) >= 11 is 3.38. The molecule has 8 nitrogen and oxygen atoms in total. The zero-order chi connectivity index (χ0) is 21.8. The van der Waals surface area contributed by atoms with E-state index in [1.54, 1.807) is 18.2 Å². The van der Waals surface area contributed by atoms with Crippen LogP contribution in [0, 0.1) is 0 Å². The molecule has 1 aliphatic heterocycles. The number of amides is 4. The third kappa shape index (κ3) is 4.77. The van der Waals surface area contributed by atoms with E-state index in [0.29, 0.717) is 24.6 Å².